The predicted molar refractivity (Wildman–Crippen MR) is 75.7 cm³/mol. The fraction of sp³-hybridized carbons (Fsp3) is 0.500. The van der Waals surface area contributed by atoms with Crippen molar-refractivity contribution in [1.29, 1.82) is 0 Å². The van der Waals surface area contributed by atoms with Crippen LogP contribution in [0, 0.1) is 0 Å². The Bertz CT molecular complexity index is 592. The molecule has 2 aromatic heterocycles. The van der Waals surface area contributed by atoms with Crippen molar-refractivity contribution in [3.05, 3.63) is 30.4 Å². The Kier molecular flexibility index (Phi) is 3.89. The smallest absolute Gasteiger partial charge is 0.226 e. The van der Waals surface area contributed by atoms with Crippen LogP contribution in [0.2, 0.25) is 0 Å². The molecule has 0 bridgehead atoms. The average Bonchev–Trinajstić information content (AvgIpc) is 3.17. The van der Waals surface area contributed by atoms with Crippen LogP contribution in [0.3, 0.4) is 0 Å². The van der Waals surface area contributed by atoms with Crippen LogP contribution in [0.25, 0.3) is 0 Å². The molecule has 1 fully saturated rings. The summed E-state index contributed by atoms with van der Waals surface area (Å²) in [5, 5.41) is 13.7. The summed E-state index contributed by atoms with van der Waals surface area (Å²) in [6.07, 6.45) is 8.35. The molecule has 0 aliphatic heterocycles. The second kappa shape index (κ2) is 5.99. The number of carbonyl (C=O) groups is 1. The zero-order chi connectivity index (χ0) is 14.7. The number of rotatable bonds is 5. The molecule has 0 saturated heterocycles. The summed E-state index contributed by atoms with van der Waals surface area (Å²) in [7, 11) is 1.84. The molecule has 7 heteroatoms. The molecule has 1 saturated carbocycles. The normalized spacial score (nSPS) is 21.4. The molecule has 0 aromatic carbocycles. The first-order valence-electron chi connectivity index (χ1n) is 7.14. The van der Waals surface area contributed by atoms with E-state index in [1.165, 1.54) is 0 Å². The van der Waals surface area contributed by atoms with Gasteiger partial charge in [-0.05, 0) is 25.3 Å². The Labute approximate surface area is 122 Å². The van der Waals surface area contributed by atoms with Gasteiger partial charge >= 0.3 is 0 Å². The summed E-state index contributed by atoms with van der Waals surface area (Å²) in [5.74, 6) is 0.721. The van der Waals surface area contributed by atoms with Crippen molar-refractivity contribution in [2.45, 2.75) is 37.8 Å². The number of nitrogens with zero attached hydrogens (tertiary/aromatic N) is 3. The molecule has 3 rings (SSSR count). The van der Waals surface area contributed by atoms with E-state index in [0.717, 1.165) is 25.0 Å². The average molecular weight is 289 g/mol. The number of carbonyl (C=O) groups excluding carboxylic acids is 1. The second-order valence-corrected chi connectivity index (χ2v) is 5.32. The molecule has 21 heavy (non-hydrogen) atoms. The standard InChI is InChI=1S/C14H19N5O2/c1-19-10(5-6-17-19)7-14(20)18-12-3-2-4-13(12)21-11-8-15-16-9-11/h5-6,8-9,12-13H,2-4,7H2,1H3,(H,15,16)(H,18,20)/t12-,13+/m0/s1. The van der Waals surface area contributed by atoms with E-state index in [-0.39, 0.29) is 18.1 Å². The molecule has 2 atom stereocenters. The van der Waals surface area contributed by atoms with E-state index < -0.39 is 0 Å². The lowest BCUT2D eigenvalue weighted by Gasteiger charge is -2.21. The van der Waals surface area contributed by atoms with E-state index in [0.29, 0.717) is 12.2 Å². The molecule has 0 radical (unpaired) electrons. The van der Waals surface area contributed by atoms with Gasteiger partial charge in [0, 0.05) is 18.9 Å². The summed E-state index contributed by atoms with van der Waals surface area (Å²) >= 11 is 0. The van der Waals surface area contributed by atoms with Crippen molar-refractivity contribution in [1.82, 2.24) is 25.3 Å². The first-order chi connectivity index (χ1) is 10.2. The maximum Gasteiger partial charge on any atom is 0.226 e. The third-order valence-corrected chi connectivity index (χ3v) is 3.82. The van der Waals surface area contributed by atoms with Gasteiger partial charge in [-0.25, -0.2) is 0 Å². The molecule has 2 N–H and O–H groups in total. The number of aromatic nitrogens is 4. The van der Waals surface area contributed by atoms with Gasteiger partial charge in [0.2, 0.25) is 5.91 Å². The highest BCUT2D eigenvalue weighted by molar-refractivity contribution is 5.78. The third-order valence-electron chi connectivity index (χ3n) is 3.82. The topological polar surface area (TPSA) is 84.8 Å². The monoisotopic (exact) mass is 289 g/mol. The van der Waals surface area contributed by atoms with E-state index in [1.54, 1.807) is 23.3 Å². The minimum absolute atomic E-state index is 0.00583. The molecule has 1 amide bonds. The Morgan fingerprint density at radius 2 is 2.48 bits per heavy atom. The fourth-order valence-electron chi connectivity index (χ4n) is 2.71. The van der Waals surface area contributed by atoms with Gasteiger partial charge in [0.1, 0.15) is 6.10 Å². The number of aromatic amines is 1. The van der Waals surface area contributed by atoms with Crippen LogP contribution in [0.4, 0.5) is 0 Å². The van der Waals surface area contributed by atoms with Gasteiger partial charge in [-0.2, -0.15) is 10.2 Å². The van der Waals surface area contributed by atoms with Crippen molar-refractivity contribution < 1.29 is 9.53 Å². The highest BCUT2D eigenvalue weighted by atomic mass is 16.5. The predicted octanol–water partition coefficient (Wildman–Crippen LogP) is 0.802. The summed E-state index contributed by atoms with van der Waals surface area (Å²) in [6.45, 7) is 0. The van der Waals surface area contributed by atoms with Gasteiger partial charge in [0.15, 0.2) is 5.75 Å². The van der Waals surface area contributed by atoms with E-state index in [1.807, 2.05) is 13.1 Å². The van der Waals surface area contributed by atoms with Crippen LogP contribution >= 0.6 is 0 Å². The zero-order valence-electron chi connectivity index (χ0n) is 12.0. The van der Waals surface area contributed by atoms with Crippen molar-refractivity contribution in [3.63, 3.8) is 0 Å². The molecule has 2 aromatic rings. The van der Waals surface area contributed by atoms with Crippen molar-refractivity contribution in [3.8, 4) is 5.75 Å². The highest BCUT2D eigenvalue weighted by Crippen LogP contribution is 2.24. The minimum Gasteiger partial charge on any atom is -0.485 e. The summed E-state index contributed by atoms with van der Waals surface area (Å²) in [6, 6.07) is 1.91. The van der Waals surface area contributed by atoms with Crippen molar-refractivity contribution >= 4 is 5.91 Å². The SMILES string of the molecule is Cn1nccc1CC(=O)N[C@H]1CCC[C@H]1Oc1cn[nH]c1. The minimum atomic E-state index is 0.00583. The number of H-pyrrole nitrogens is 1. The summed E-state index contributed by atoms with van der Waals surface area (Å²) in [4.78, 5) is 12.1. The molecule has 1 aliphatic rings. The lowest BCUT2D eigenvalue weighted by atomic mass is 10.2. The maximum atomic E-state index is 12.1. The Balaban J connectivity index is 1.56. The van der Waals surface area contributed by atoms with E-state index in [9.17, 15) is 4.79 Å². The van der Waals surface area contributed by atoms with Gasteiger partial charge in [-0.1, -0.05) is 0 Å². The van der Waals surface area contributed by atoms with E-state index in [4.69, 9.17) is 4.74 Å². The van der Waals surface area contributed by atoms with Crippen molar-refractivity contribution in [2.75, 3.05) is 0 Å². The maximum absolute atomic E-state index is 12.1. The third kappa shape index (κ3) is 3.24. The summed E-state index contributed by atoms with van der Waals surface area (Å²) < 4.78 is 7.58. The molecular weight excluding hydrogens is 270 g/mol. The lowest BCUT2D eigenvalue weighted by molar-refractivity contribution is -0.121. The largest absolute Gasteiger partial charge is 0.485 e. The van der Waals surface area contributed by atoms with Crippen molar-refractivity contribution in [2.24, 2.45) is 7.05 Å². The van der Waals surface area contributed by atoms with Gasteiger partial charge in [0.05, 0.1) is 24.9 Å². The quantitative estimate of drug-likeness (QED) is 0.852. The molecule has 0 spiro atoms. The van der Waals surface area contributed by atoms with Crippen LogP contribution in [-0.4, -0.2) is 38.0 Å². The van der Waals surface area contributed by atoms with Crippen LogP contribution in [0.15, 0.2) is 24.7 Å². The van der Waals surface area contributed by atoms with Gasteiger partial charge in [-0.15, -0.1) is 0 Å². The molecule has 0 unspecified atom stereocenters. The summed E-state index contributed by atoms with van der Waals surface area (Å²) in [5.41, 5.74) is 0.901. The molecule has 2 heterocycles. The van der Waals surface area contributed by atoms with Crippen LogP contribution < -0.4 is 10.1 Å². The lowest BCUT2D eigenvalue weighted by Crippen LogP contribution is -2.43. The number of hydrogen-bond donors (Lipinski definition) is 2. The number of hydrogen-bond acceptors (Lipinski definition) is 4. The number of amides is 1. The Hall–Kier alpha value is -2.31. The van der Waals surface area contributed by atoms with E-state index in [2.05, 4.69) is 20.6 Å². The number of nitrogens with one attached hydrogen (secondary N) is 2. The Morgan fingerprint density at radius 3 is 3.19 bits per heavy atom. The fourth-order valence-corrected chi connectivity index (χ4v) is 2.71. The number of ether oxygens (including phenoxy) is 1. The van der Waals surface area contributed by atoms with Gasteiger partial charge < -0.3 is 10.1 Å². The molecular formula is C14H19N5O2. The van der Waals surface area contributed by atoms with Crippen LogP contribution in [0.1, 0.15) is 25.0 Å². The highest BCUT2D eigenvalue weighted by Gasteiger charge is 2.30. The first-order valence-corrected chi connectivity index (χ1v) is 7.14. The first kappa shape index (κ1) is 13.7. The molecule has 7 nitrogen and oxygen atoms in total. The van der Waals surface area contributed by atoms with Crippen LogP contribution in [-0.2, 0) is 18.3 Å². The number of aryl methyl sites for hydroxylation is 1. The molecule has 112 valence electrons. The zero-order valence-corrected chi connectivity index (χ0v) is 12.0. The van der Waals surface area contributed by atoms with Crippen LogP contribution in [0.5, 0.6) is 5.75 Å². The van der Waals surface area contributed by atoms with Gasteiger partial charge in [-0.3, -0.25) is 14.6 Å². The van der Waals surface area contributed by atoms with E-state index >= 15 is 0 Å². The van der Waals surface area contributed by atoms with Gasteiger partial charge in [0.25, 0.3) is 0 Å². The Morgan fingerprint density at radius 1 is 1.57 bits per heavy atom. The molecule has 1 aliphatic carbocycles. The second-order valence-electron chi connectivity index (χ2n) is 5.32.